The van der Waals surface area contributed by atoms with E-state index in [-0.39, 0.29) is 0 Å². The summed E-state index contributed by atoms with van der Waals surface area (Å²) in [6.45, 7) is 9.55. The summed E-state index contributed by atoms with van der Waals surface area (Å²) in [6.07, 6.45) is 4.74. The van der Waals surface area contributed by atoms with E-state index >= 15 is 0 Å². The number of likely N-dealkylation sites (tertiary alicyclic amines) is 1. The zero-order valence-electron chi connectivity index (χ0n) is 13.5. The first-order valence-electron chi connectivity index (χ1n) is 8.14. The smallest absolute Gasteiger partial charge is 0.234 e. The molecule has 0 unspecified atom stereocenters. The molecule has 0 atom stereocenters. The largest absolute Gasteiger partial charge is 0.310 e. The topological polar surface area (TPSA) is 46.0 Å². The summed E-state index contributed by atoms with van der Waals surface area (Å²) in [5, 5.41) is 3.54. The lowest BCUT2D eigenvalue weighted by Crippen LogP contribution is -2.30. The first kappa shape index (κ1) is 15.2. The summed E-state index contributed by atoms with van der Waals surface area (Å²) >= 11 is 0. The number of hydrogen-bond acceptors (Lipinski definition) is 4. The van der Waals surface area contributed by atoms with Gasteiger partial charge in [0.1, 0.15) is 0 Å². The molecule has 5 nitrogen and oxygen atoms in total. The third-order valence-corrected chi connectivity index (χ3v) is 4.13. The molecule has 2 aromatic rings. The molecule has 22 heavy (non-hydrogen) atoms. The SMILES string of the molecule is Cc1cc(C)nc(-n2cccc2CNCCN2CCCC2)n1. The van der Waals surface area contributed by atoms with Crippen molar-refractivity contribution in [2.24, 2.45) is 0 Å². The number of nitrogens with one attached hydrogen (secondary N) is 1. The number of rotatable bonds is 6. The third kappa shape index (κ3) is 3.72. The Morgan fingerprint density at radius 1 is 1.14 bits per heavy atom. The van der Waals surface area contributed by atoms with Gasteiger partial charge in [-0.3, -0.25) is 4.57 Å². The Morgan fingerprint density at radius 2 is 1.86 bits per heavy atom. The fraction of sp³-hybridized carbons (Fsp3) is 0.529. The van der Waals surface area contributed by atoms with Crippen LogP contribution in [0.1, 0.15) is 29.9 Å². The van der Waals surface area contributed by atoms with Crippen LogP contribution in [0, 0.1) is 13.8 Å². The highest BCUT2D eigenvalue weighted by atomic mass is 15.2. The summed E-state index contributed by atoms with van der Waals surface area (Å²) in [6, 6.07) is 6.18. The highest BCUT2D eigenvalue weighted by Gasteiger charge is 2.11. The predicted molar refractivity (Wildman–Crippen MR) is 88.2 cm³/mol. The molecule has 1 fully saturated rings. The van der Waals surface area contributed by atoms with Crippen molar-refractivity contribution in [1.82, 2.24) is 24.8 Å². The van der Waals surface area contributed by atoms with Crippen molar-refractivity contribution >= 4 is 0 Å². The monoisotopic (exact) mass is 299 g/mol. The van der Waals surface area contributed by atoms with E-state index in [9.17, 15) is 0 Å². The lowest BCUT2D eigenvalue weighted by Gasteiger charge is -2.15. The van der Waals surface area contributed by atoms with Crippen LogP contribution in [0.4, 0.5) is 0 Å². The molecule has 1 N–H and O–H groups in total. The lowest BCUT2D eigenvalue weighted by atomic mass is 10.3. The highest BCUT2D eigenvalue weighted by molar-refractivity contribution is 5.24. The second-order valence-electron chi connectivity index (χ2n) is 6.05. The molecule has 1 aliphatic heterocycles. The van der Waals surface area contributed by atoms with E-state index in [1.54, 1.807) is 0 Å². The van der Waals surface area contributed by atoms with Crippen LogP contribution in [0.2, 0.25) is 0 Å². The molecule has 3 rings (SSSR count). The number of hydrogen-bond donors (Lipinski definition) is 1. The van der Waals surface area contributed by atoms with Crippen molar-refractivity contribution < 1.29 is 0 Å². The minimum Gasteiger partial charge on any atom is -0.310 e. The molecule has 0 aromatic carbocycles. The molecular weight excluding hydrogens is 274 g/mol. The molecular formula is C17H25N5. The first-order valence-corrected chi connectivity index (χ1v) is 8.14. The van der Waals surface area contributed by atoms with E-state index in [2.05, 4.69) is 36.9 Å². The molecule has 0 spiro atoms. The molecule has 118 valence electrons. The maximum absolute atomic E-state index is 4.54. The Morgan fingerprint density at radius 3 is 2.59 bits per heavy atom. The summed E-state index contributed by atoms with van der Waals surface area (Å²) in [5.41, 5.74) is 3.21. The van der Waals surface area contributed by atoms with Crippen molar-refractivity contribution in [2.75, 3.05) is 26.2 Å². The fourth-order valence-electron chi connectivity index (χ4n) is 3.03. The number of aromatic nitrogens is 3. The molecule has 3 heterocycles. The van der Waals surface area contributed by atoms with Crippen LogP contribution in [0.15, 0.2) is 24.4 Å². The molecule has 0 aliphatic carbocycles. The average molecular weight is 299 g/mol. The van der Waals surface area contributed by atoms with E-state index < -0.39 is 0 Å². The third-order valence-electron chi connectivity index (χ3n) is 4.13. The molecule has 0 saturated carbocycles. The first-order chi connectivity index (χ1) is 10.7. The zero-order chi connectivity index (χ0) is 15.4. The van der Waals surface area contributed by atoms with Gasteiger partial charge in [-0.05, 0) is 58.0 Å². The molecule has 0 radical (unpaired) electrons. The van der Waals surface area contributed by atoms with Crippen LogP contribution in [0.3, 0.4) is 0 Å². The van der Waals surface area contributed by atoms with Gasteiger partial charge in [-0.15, -0.1) is 0 Å². The Hall–Kier alpha value is -1.72. The van der Waals surface area contributed by atoms with E-state index in [1.165, 1.54) is 31.6 Å². The number of nitrogens with zero attached hydrogens (tertiary/aromatic N) is 4. The van der Waals surface area contributed by atoms with Crippen LogP contribution < -0.4 is 5.32 Å². The van der Waals surface area contributed by atoms with Gasteiger partial charge in [-0.1, -0.05) is 0 Å². The summed E-state index contributed by atoms with van der Waals surface area (Å²) in [7, 11) is 0. The quantitative estimate of drug-likeness (QED) is 0.830. The lowest BCUT2D eigenvalue weighted by molar-refractivity contribution is 0.335. The maximum atomic E-state index is 4.54. The fourth-order valence-corrected chi connectivity index (χ4v) is 3.03. The van der Waals surface area contributed by atoms with Gasteiger partial charge in [0, 0.05) is 42.9 Å². The Balaban J connectivity index is 1.59. The van der Waals surface area contributed by atoms with E-state index in [0.717, 1.165) is 37.0 Å². The molecule has 5 heteroatoms. The van der Waals surface area contributed by atoms with Crippen LogP contribution in [-0.4, -0.2) is 45.6 Å². The summed E-state index contributed by atoms with van der Waals surface area (Å²) < 4.78 is 2.07. The van der Waals surface area contributed by atoms with Gasteiger partial charge in [0.2, 0.25) is 5.95 Å². The predicted octanol–water partition coefficient (Wildman–Crippen LogP) is 2.07. The van der Waals surface area contributed by atoms with Crippen molar-refractivity contribution in [3.05, 3.63) is 41.5 Å². The van der Waals surface area contributed by atoms with Gasteiger partial charge in [0.15, 0.2) is 0 Å². The van der Waals surface area contributed by atoms with Crippen molar-refractivity contribution in [1.29, 1.82) is 0 Å². The van der Waals surface area contributed by atoms with Crippen LogP contribution in [0.5, 0.6) is 0 Å². The van der Waals surface area contributed by atoms with Gasteiger partial charge in [-0.25, -0.2) is 9.97 Å². The minimum absolute atomic E-state index is 0.763. The summed E-state index contributed by atoms with van der Waals surface area (Å²) in [5.74, 6) is 0.763. The second kappa shape index (κ2) is 7.03. The molecule has 1 saturated heterocycles. The van der Waals surface area contributed by atoms with Gasteiger partial charge >= 0.3 is 0 Å². The Kier molecular flexibility index (Phi) is 4.85. The number of aryl methyl sites for hydroxylation is 2. The Labute approximate surface area is 132 Å². The van der Waals surface area contributed by atoms with E-state index in [4.69, 9.17) is 0 Å². The molecule has 1 aliphatic rings. The zero-order valence-corrected chi connectivity index (χ0v) is 13.5. The van der Waals surface area contributed by atoms with Crippen molar-refractivity contribution in [2.45, 2.75) is 33.2 Å². The average Bonchev–Trinajstić information content (AvgIpc) is 3.14. The van der Waals surface area contributed by atoms with Gasteiger partial charge in [0.05, 0.1) is 0 Å². The van der Waals surface area contributed by atoms with Crippen molar-refractivity contribution in [3.63, 3.8) is 0 Å². The molecule has 0 amide bonds. The highest BCUT2D eigenvalue weighted by Crippen LogP contribution is 2.10. The molecule has 0 bridgehead atoms. The minimum atomic E-state index is 0.763. The Bertz CT molecular complexity index is 593. The summed E-state index contributed by atoms with van der Waals surface area (Å²) in [4.78, 5) is 11.6. The van der Waals surface area contributed by atoms with Crippen LogP contribution >= 0.6 is 0 Å². The second-order valence-corrected chi connectivity index (χ2v) is 6.05. The van der Waals surface area contributed by atoms with Crippen LogP contribution in [-0.2, 0) is 6.54 Å². The van der Waals surface area contributed by atoms with E-state index in [0.29, 0.717) is 0 Å². The van der Waals surface area contributed by atoms with Crippen LogP contribution in [0.25, 0.3) is 5.95 Å². The van der Waals surface area contributed by atoms with Gasteiger partial charge in [0.25, 0.3) is 0 Å². The standard InChI is InChI=1S/C17H25N5/c1-14-12-15(2)20-17(19-14)22-10-5-6-16(22)13-18-7-11-21-8-3-4-9-21/h5-6,10,12,18H,3-4,7-9,11,13H2,1-2H3. The van der Waals surface area contributed by atoms with Gasteiger partial charge < -0.3 is 10.2 Å². The normalized spacial score (nSPS) is 15.5. The van der Waals surface area contributed by atoms with E-state index in [1.807, 2.05) is 26.1 Å². The van der Waals surface area contributed by atoms with Crippen molar-refractivity contribution in [3.8, 4) is 5.95 Å². The van der Waals surface area contributed by atoms with Gasteiger partial charge in [-0.2, -0.15) is 0 Å². The maximum Gasteiger partial charge on any atom is 0.234 e. The molecule has 2 aromatic heterocycles.